The van der Waals surface area contributed by atoms with Crippen LogP contribution in [-0.2, 0) is 0 Å². The summed E-state index contributed by atoms with van der Waals surface area (Å²) in [5.41, 5.74) is -0.197. The normalized spacial score (nSPS) is 9.14. The summed E-state index contributed by atoms with van der Waals surface area (Å²) in [7, 11) is 1.40. The number of thiocyanates is 1. The average molecular weight is 211 g/mol. The largest absolute Gasteiger partial charge is 0.481 e. The van der Waals surface area contributed by atoms with Crippen LogP contribution in [0.5, 0.6) is 5.88 Å². The first-order valence-electron chi connectivity index (χ1n) is 3.44. The molecule has 0 amide bonds. The Morgan fingerprint density at radius 2 is 2.43 bits per heavy atom. The molecule has 1 rings (SSSR count). The van der Waals surface area contributed by atoms with E-state index >= 15 is 0 Å². The minimum atomic E-state index is -0.591. The summed E-state index contributed by atoms with van der Waals surface area (Å²) in [6.45, 7) is 0. The van der Waals surface area contributed by atoms with Crippen LogP contribution in [0.4, 0.5) is 5.69 Å². The fourth-order valence-corrected chi connectivity index (χ4v) is 1.26. The number of nitriles is 1. The van der Waals surface area contributed by atoms with Gasteiger partial charge in [-0.05, 0) is 0 Å². The van der Waals surface area contributed by atoms with Gasteiger partial charge in [-0.1, -0.05) is 0 Å². The van der Waals surface area contributed by atoms with Gasteiger partial charge in [0.15, 0.2) is 5.03 Å². The van der Waals surface area contributed by atoms with Gasteiger partial charge in [-0.25, -0.2) is 0 Å². The molecule has 72 valence electrons. The van der Waals surface area contributed by atoms with Gasteiger partial charge in [-0.15, -0.1) is 0 Å². The molecule has 1 aromatic heterocycles. The minimum absolute atomic E-state index is 0.0388. The van der Waals surface area contributed by atoms with E-state index in [1.54, 1.807) is 5.40 Å². The van der Waals surface area contributed by atoms with Gasteiger partial charge in [0.25, 0.3) is 0 Å². The third-order valence-electron chi connectivity index (χ3n) is 1.36. The molecule has 0 atom stereocenters. The van der Waals surface area contributed by atoms with Crippen molar-refractivity contribution in [2.75, 3.05) is 7.11 Å². The van der Waals surface area contributed by atoms with Crippen LogP contribution in [0.1, 0.15) is 0 Å². The van der Waals surface area contributed by atoms with Crippen molar-refractivity contribution in [2.24, 2.45) is 0 Å². The van der Waals surface area contributed by atoms with Crippen LogP contribution >= 0.6 is 11.8 Å². The van der Waals surface area contributed by atoms with Crippen molar-refractivity contribution in [1.29, 1.82) is 5.26 Å². The van der Waals surface area contributed by atoms with Crippen LogP contribution in [0.2, 0.25) is 0 Å². The maximum atomic E-state index is 10.5. The number of hydrogen-bond acceptors (Lipinski definition) is 6. The molecule has 0 spiro atoms. The van der Waals surface area contributed by atoms with Crippen LogP contribution in [0.25, 0.3) is 0 Å². The van der Waals surface area contributed by atoms with Gasteiger partial charge < -0.3 is 4.74 Å². The quantitative estimate of drug-likeness (QED) is 0.326. The molecule has 1 heterocycles. The monoisotopic (exact) mass is 211 g/mol. The molecule has 14 heavy (non-hydrogen) atoms. The van der Waals surface area contributed by atoms with Crippen molar-refractivity contribution in [3.05, 3.63) is 22.2 Å². The Labute approximate surface area is 83.7 Å². The van der Waals surface area contributed by atoms with E-state index in [-0.39, 0.29) is 16.6 Å². The van der Waals surface area contributed by atoms with Crippen LogP contribution in [-0.4, -0.2) is 17.0 Å². The topological polar surface area (TPSA) is 89.0 Å². The van der Waals surface area contributed by atoms with Gasteiger partial charge in [0.2, 0.25) is 5.88 Å². The van der Waals surface area contributed by atoms with Crippen molar-refractivity contribution in [2.45, 2.75) is 5.03 Å². The van der Waals surface area contributed by atoms with Crippen LogP contribution in [0.15, 0.2) is 17.2 Å². The summed E-state index contributed by atoms with van der Waals surface area (Å²) in [4.78, 5) is 13.7. The molecule has 0 aliphatic rings. The van der Waals surface area contributed by atoms with E-state index in [1.807, 2.05) is 0 Å². The number of thioether (sulfide) groups is 1. The summed E-state index contributed by atoms with van der Waals surface area (Å²) in [6, 6.07) is 2.63. The summed E-state index contributed by atoms with van der Waals surface area (Å²) >= 11 is 0.633. The number of aromatic nitrogens is 1. The van der Waals surface area contributed by atoms with Crippen molar-refractivity contribution >= 4 is 17.4 Å². The van der Waals surface area contributed by atoms with Crippen LogP contribution < -0.4 is 4.74 Å². The van der Waals surface area contributed by atoms with Gasteiger partial charge in [0, 0.05) is 23.9 Å². The van der Waals surface area contributed by atoms with Gasteiger partial charge in [-0.2, -0.15) is 10.2 Å². The predicted molar refractivity (Wildman–Crippen MR) is 48.9 cm³/mol. The maximum absolute atomic E-state index is 10.5. The Morgan fingerprint density at radius 3 is 2.93 bits per heavy atom. The molecule has 0 N–H and O–H groups in total. The van der Waals surface area contributed by atoms with E-state index in [4.69, 9.17) is 10.00 Å². The van der Waals surface area contributed by atoms with E-state index in [2.05, 4.69) is 4.98 Å². The van der Waals surface area contributed by atoms with E-state index in [9.17, 15) is 10.1 Å². The highest BCUT2D eigenvalue weighted by Gasteiger charge is 2.16. The molecule has 0 unspecified atom stereocenters. The first-order valence-corrected chi connectivity index (χ1v) is 4.26. The van der Waals surface area contributed by atoms with Gasteiger partial charge in [-0.3, -0.25) is 10.1 Å². The number of hydrogen-bond donors (Lipinski definition) is 0. The number of nitrogens with zero attached hydrogens (tertiary/aromatic N) is 3. The first kappa shape index (κ1) is 10.3. The lowest BCUT2D eigenvalue weighted by Gasteiger charge is -2.00. The molecule has 0 aliphatic heterocycles. The zero-order valence-electron chi connectivity index (χ0n) is 7.13. The Hall–Kier alpha value is -1.81. The summed E-state index contributed by atoms with van der Waals surface area (Å²) < 4.78 is 4.78. The second-order valence-corrected chi connectivity index (χ2v) is 2.90. The highest BCUT2D eigenvalue weighted by Crippen LogP contribution is 2.28. The second-order valence-electron chi connectivity index (χ2n) is 2.13. The predicted octanol–water partition coefficient (Wildman–Crippen LogP) is 1.57. The van der Waals surface area contributed by atoms with Gasteiger partial charge in [0.05, 0.1) is 12.0 Å². The lowest BCUT2D eigenvalue weighted by Crippen LogP contribution is -1.95. The third-order valence-corrected chi connectivity index (χ3v) is 1.95. The summed E-state index contributed by atoms with van der Waals surface area (Å²) in [5.74, 6) is 0.244. The fraction of sp³-hybridized carbons (Fsp3) is 0.143. The Morgan fingerprint density at radius 1 is 1.71 bits per heavy atom. The summed E-state index contributed by atoms with van der Waals surface area (Å²) in [6.07, 6.45) is 0. The molecule has 0 bridgehead atoms. The van der Waals surface area contributed by atoms with E-state index in [0.29, 0.717) is 11.8 Å². The fourth-order valence-electron chi connectivity index (χ4n) is 0.787. The number of ether oxygens (including phenoxy) is 1. The molecular weight excluding hydrogens is 206 g/mol. The highest BCUT2D eigenvalue weighted by atomic mass is 32.2. The Balaban J connectivity index is 3.18. The third kappa shape index (κ3) is 2.11. The molecule has 0 saturated carbocycles. The lowest BCUT2D eigenvalue weighted by molar-refractivity contribution is -0.388. The Bertz CT molecular complexity index is 402. The molecule has 0 fully saturated rings. The molecule has 0 saturated heterocycles. The highest BCUT2D eigenvalue weighted by molar-refractivity contribution is 8.03. The first-order chi connectivity index (χ1) is 6.69. The van der Waals surface area contributed by atoms with E-state index in [1.165, 1.54) is 19.2 Å². The molecule has 7 heteroatoms. The number of nitro groups is 1. The van der Waals surface area contributed by atoms with Crippen molar-refractivity contribution < 1.29 is 9.66 Å². The average Bonchev–Trinajstić information content (AvgIpc) is 2.17. The molecule has 0 aromatic carbocycles. The minimum Gasteiger partial charge on any atom is -0.481 e. The lowest BCUT2D eigenvalue weighted by atomic mass is 10.4. The number of pyridine rings is 1. The van der Waals surface area contributed by atoms with Crippen LogP contribution in [0.3, 0.4) is 0 Å². The van der Waals surface area contributed by atoms with E-state index in [0.717, 1.165) is 0 Å². The molecular formula is C7H5N3O3S. The van der Waals surface area contributed by atoms with Crippen LogP contribution in [0, 0.1) is 20.8 Å². The molecule has 0 radical (unpaired) electrons. The molecule has 6 nitrogen and oxygen atoms in total. The number of rotatable bonds is 3. The van der Waals surface area contributed by atoms with E-state index < -0.39 is 4.92 Å². The zero-order valence-corrected chi connectivity index (χ0v) is 7.95. The molecule has 0 aliphatic carbocycles. The Kier molecular flexibility index (Phi) is 3.25. The second kappa shape index (κ2) is 4.43. The van der Waals surface area contributed by atoms with Crippen molar-refractivity contribution in [3.63, 3.8) is 0 Å². The number of methoxy groups -OCH3 is 1. The van der Waals surface area contributed by atoms with Gasteiger partial charge in [0.1, 0.15) is 5.40 Å². The van der Waals surface area contributed by atoms with Crippen molar-refractivity contribution in [3.8, 4) is 11.3 Å². The van der Waals surface area contributed by atoms with Gasteiger partial charge >= 0.3 is 5.69 Å². The van der Waals surface area contributed by atoms with Crippen molar-refractivity contribution in [1.82, 2.24) is 4.98 Å². The maximum Gasteiger partial charge on any atom is 0.302 e. The summed E-state index contributed by atoms with van der Waals surface area (Å²) in [5, 5.41) is 20.7. The SMILES string of the molecule is COc1ccc([N+](=O)[O-])c(SC#N)n1. The standard InChI is InChI=1S/C7H5N3O3S/c1-13-6-3-2-5(10(11)12)7(9-6)14-4-8/h2-3H,1H3. The molecule has 1 aromatic rings. The zero-order chi connectivity index (χ0) is 10.6. The smallest absolute Gasteiger partial charge is 0.302 e.